The predicted octanol–water partition coefficient (Wildman–Crippen LogP) is 3.60. The third-order valence-corrected chi connectivity index (χ3v) is 4.95. The Kier molecular flexibility index (Phi) is 4.97. The lowest BCUT2D eigenvalue weighted by atomic mass is 10.0. The van der Waals surface area contributed by atoms with Crippen LogP contribution in [0.5, 0.6) is 0 Å². The number of thioether (sulfide) groups is 1. The average Bonchev–Trinajstić information content (AvgIpc) is 2.83. The topological polar surface area (TPSA) is 46.6 Å². The van der Waals surface area contributed by atoms with Crippen molar-refractivity contribution >= 4 is 57.0 Å². The first kappa shape index (κ1) is 16.7. The molecule has 6 heteroatoms. The Morgan fingerprint density at radius 2 is 2.00 bits per heavy atom. The van der Waals surface area contributed by atoms with Crippen LogP contribution >= 0.6 is 24.0 Å². The number of fused-ring (bicyclic) bond motifs is 1. The summed E-state index contributed by atoms with van der Waals surface area (Å²) in [6, 6.07) is 13.9. The molecule has 1 aliphatic heterocycles. The summed E-state index contributed by atoms with van der Waals surface area (Å²) in [6.45, 7) is 1.85. The second kappa shape index (κ2) is 7.15. The van der Waals surface area contributed by atoms with E-state index < -0.39 is 5.97 Å². The van der Waals surface area contributed by atoms with Crippen LogP contribution in [-0.2, 0) is 14.3 Å². The van der Waals surface area contributed by atoms with E-state index in [-0.39, 0.29) is 19.1 Å². The van der Waals surface area contributed by atoms with Crippen LogP contribution in [0.4, 0.5) is 0 Å². The number of carbonyl (C=O) groups is 2. The highest BCUT2D eigenvalue weighted by Crippen LogP contribution is 2.33. The lowest BCUT2D eigenvalue weighted by Gasteiger charge is -2.12. The highest BCUT2D eigenvalue weighted by atomic mass is 32.2. The van der Waals surface area contributed by atoms with Crippen LogP contribution in [0.1, 0.15) is 12.5 Å². The lowest BCUT2D eigenvalue weighted by molar-refractivity contribution is -0.145. The minimum atomic E-state index is -0.458. The normalized spacial score (nSPS) is 16.2. The second-order valence-corrected chi connectivity index (χ2v) is 6.82. The summed E-state index contributed by atoms with van der Waals surface area (Å²) in [4.78, 5) is 26.0. The van der Waals surface area contributed by atoms with Gasteiger partial charge in [-0.3, -0.25) is 14.5 Å². The number of esters is 1. The molecule has 1 saturated heterocycles. The first-order valence-electron chi connectivity index (χ1n) is 7.49. The van der Waals surface area contributed by atoms with Gasteiger partial charge >= 0.3 is 5.97 Å². The number of ether oxygens (including phenoxy) is 1. The second-order valence-electron chi connectivity index (χ2n) is 5.14. The Hall–Kier alpha value is -2.18. The molecule has 2 aromatic carbocycles. The van der Waals surface area contributed by atoms with Gasteiger partial charge < -0.3 is 4.74 Å². The number of amides is 1. The first-order valence-corrected chi connectivity index (χ1v) is 8.71. The third kappa shape index (κ3) is 3.34. The third-order valence-electron chi connectivity index (χ3n) is 3.58. The van der Waals surface area contributed by atoms with E-state index in [1.807, 2.05) is 48.5 Å². The molecule has 1 fully saturated rings. The quantitative estimate of drug-likeness (QED) is 0.475. The summed E-state index contributed by atoms with van der Waals surface area (Å²) < 4.78 is 5.27. The van der Waals surface area contributed by atoms with Crippen molar-refractivity contribution < 1.29 is 14.3 Å². The number of hydrogen-bond donors (Lipinski definition) is 0. The van der Waals surface area contributed by atoms with Crippen molar-refractivity contribution in [3.8, 4) is 0 Å². The largest absolute Gasteiger partial charge is 0.465 e. The maximum atomic E-state index is 12.5. The van der Waals surface area contributed by atoms with Crippen molar-refractivity contribution in [3.05, 3.63) is 52.9 Å². The minimum Gasteiger partial charge on any atom is -0.465 e. The zero-order chi connectivity index (χ0) is 17.1. The van der Waals surface area contributed by atoms with Gasteiger partial charge in [0.25, 0.3) is 5.91 Å². The molecule has 0 unspecified atom stereocenters. The van der Waals surface area contributed by atoms with Gasteiger partial charge in [0, 0.05) is 0 Å². The highest BCUT2D eigenvalue weighted by molar-refractivity contribution is 8.26. The summed E-state index contributed by atoms with van der Waals surface area (Å²) in [7, 11) is 0. The van der Waals surface area contributed by atoms with E-state index in [9.17, 15) is 9.59 Å². The number of thiocarbonyl (C=S) groups is 1. The van der Waals surface area contributed by atoms with Gasteiger partial charge in [0.15, 0.2) is 0 Å². The van der Waals surface area contributed by atoms with Crippen molar-refractivity contribution in [2.75, 3.05) is 13.2 Å². The van der Waals surface area contributed by atoms with Gasteiger partial charge in [-0.15, -0.1) is 0 Å². The Morgan fingerprint density at radius 3 is 2.79 bits per heavy atom. The van der Waals surface area contributed by atoms with Crippen LogP contribution in [0.2, 0.25) is 0 Å². The van der Waals surface area contributed by atoms with Crippen LogP contribution in [0.3, 0.4) is 0 Å². The molecule has 0 saturated carbocycles. The van der Waals surface area contributed by atoms with Crippen LogP contribution in [0.25, 0.3) is 16.8 Å². The van der Waals surface area contributed by atoms with E-state index >= 15 is 0 Å². The highest BCUT2D eigenvalue weighted by Gasteiger charge is 2.33. The summed E-state index contributed by atoms with van der Waals surface area (Å²) in [5, 5.41) is 2.17. The number of carbonyl (C=O) groups excluding carboxylic acids is 2. The molecule has 3 rings (SSSR count). The van der Waals surface area contributed by atoms with E-state index in [0.717, 1.165) is 16.3 Å². The Morgan fingerprint density at radius 1 is 1.25 bits per heavy atom. The lowest BCUT2D eigenvalue weighted by Crippen LogP contribution is -2.34. The van der Waals surface area contributed by atoms with Gasteiger partial charge in [0.05, 0.1) is 11.5 Å². The molecule has 24 heavy (non-hydrogen) atoms. The van der Waals surface area contributed by atoms with E-state index in [4.69, 9.17) is 17.0 Å². The average molecular weight is 357 g/mol. The molecule has 0 bridgehead atoms. The molecule has 1 amide bonds. The first-order chi connectivity index (χ1) is 11.6. The Bertz CT molecular complexity index is 855. The molecule has 0 spiro atoms. The fourth-order valence-electron chi connectivity index (χ4n) is 2.49. The zero-order valence-corrected chi connectivity index (χ0v) is 14.7. The molecule has 2 aromatic rings. The van der Waals surface area contributed by atoms with E-state index in [0.29, 0.717) is 9.23 Å². The van der Waals surface area contributed by atoms with Gasteiger partial charge in [-0.05, 0) is 29.3 Å². The van der Waals surface area contributed by atoms with Crippen LogP contribution in [0.15, 0.2) is 47.4 Å². The van der Waals surface area contributed by atoms with E-state index in [1.165, 1.54) is 16.7 Å². The van der Waals surface area contributed by atoms with Crippen LogP contribution in [0, 0.1) is 0 Å². The summed E-state index contributed by atoms with van der Waals surface area (Å²) in [6.07, 6.45) is 1.83. The van der Waals surface area contributed by atoms with Crippen LogP contribution < -0.4 is 0 Å². The van der Waals surface area contributed by atoms with Gasteiger partial charge in [0.2, 0.25) is 0 Å². The van der Waals surface area contributed by atoms with Gasteiger partial charge in [0.1, 0.15) is 10.9 Å². The molecule has 122 valence electrons. The minimum absolute atomic E-state index is 0.147. The molecule has 0 aliphatic carbocycles. The van der Waals surface area contributed by atoms with Gasteiger partial charge in [-0.25, -0.2) is 0 Å². The van der Waals surface area contributed by atoms with Gasteiger partial charge in [-0.1, -0.05) is 66.4 Å². The van der Waals surface area contributed by atoms with Crippen molar-refractivity contribution in [2.45, 2.75) is 6.92 Å². The predicted molar refractivity (Wildman–Crippen MR) is 100 cm³/mol. The standard InChI is InChI=1S/C18H15NO3S2/c1-2-22-16(20)11-19-17(21)15(24-18(19)23)10-13-8-5-7-12-6-3-4-9-14(12)13/h3-10H,2,11H2,1H3. The molecular formula is C18H15NO3S2. The monoisotopic (exact) mass is 357 g/mol. The molecule has 0 N–H and O–H groups in total. The molecule has 4 nitrogen and oxygen atoms in total. The zero-order valence-electron chi connectivity index (χ0n) is 13.0. The fraction of sp³-hybridized carbons (Fsp3) is 0.167. The molecule has 1 aliphatic rings. The van der Waals surface area contributed by atoms with Crippen molar-refractivity contribution in [2.24, 2.45) is 0 Å². The van der Waals surface area contributed by atoms with Crippen molar-refractivity contribution in [1.29, 1.82) is 0 Å². The molecular weight excluding hydrogens is 342 g/mol. The van der Waals surface area contributed by atoms with Gasteiger partial charge in [-0.2, -0.15) is 0 Å². The van der Waals surface area contributed by atoms with Crippen molar-refractivity contribution in [1.82, 2.24) is 4.90 Å². The van der Waals surface area contributed by atoms with E-state index in [1.54, 1.807) is 6.92 Å². The molecule has 0 radical (unpaired) electrons. The maximum Gasteiger partial charge on any atom is 0.326 e. The smallest absolute Gasteiger partial charge is 0.326 e. The Balaban J connectivity index is 1.89. The summed E-state index contributed by atoms with van der Waals surface area (Å²) in [5.74, 6) is -0.716. The molecule has 0 aromatic heterocycles. The fourth-order valence-corrected chi connectivity index (χ4v) is 3.74. The molecule has 1 heterocycles. The summed E-state index contributed by atoms with van der Waals surface area (Å²) >= 11 is 6.44. The number of benzene rings is 2. The SMILES string of the molecule is CCOC(=O)CN1C(=O)C(=Cc2cccc3ccccc23)SC1=S. The van der Waals surface area contributed by atoms with Crippen molar-refractivity contribution in [3.63, 3.8) is 0 Å². The summed E-state index contributed by atoms with van der Waals surface area (Å²) in [5.41, 5.74) is 0.949. The van der Waals surface area contributed by atoms with Crippen LogP contribution in [-0.4, -0.2) is 34.2 Å². The number of hydrogen-bond acceptors (Lipinski definition) is 5. The van der Waals surface area contributed by atoms with E-state index in [2.05, 4.69) is 0 Å². The molecule has 0 atom stereocenters. The number of nitrogens with zero attached hydrogens (tertiary/aromatic N) is 1. The maximum absolute atomic E-state index is 12.5. The number of rotatable bonds is 4. The Labute approximate surface area is 149 Å².